The van der Waals surface area contributed by atoms with Crippen LogP contribution in [0.5, 0.6) is 0 Å². The van der Waals surface area contributed by atoms with Gasteiger partial charge in [-0.25, -0.2) is 4.98 Å². The maximum absolute atomic E-state index is 12.5. The average Bonchev–Trinajstić information content (AvgIpc) is 2.61. The first-order valence-electron chi connectivity index (χ1n) is 8.16. The Balaban J connectivity index is 1.71. The van der Waals surface area contributed by atoms with Crippen LogP contribution in [0.15, 0.2) is 36.5 Å². The molecule has 0 bridgehead atoms. The minimum Gasteiger partial charge on any atom is -0.353 e. The molecule has 2 heterocycles. The topological polar surface area (TPSA) is 65.5 Å². The molecule has 0 radical (unpaired) electrons. The van der Waals surface area contributed by atoms with Crippen molar-refractivity contribution in [2.24, 2.45) is 0 Å². The fourth-order valence-electron chi connectivity index (χ4n) is 2.81. The molecule has 3 rings (SSSR count). The molecule has 0 aliphatic carbocycles. The first kappa shape index (κ1) is 18.5. The number of nitrogens with one attached hydrogen (secondary N) is 1. The van der Waals surface area contributed by atoms with E-state index in [-0.39, 0.29) is 11.8 Å². The Labute approximate surface area is 161 Å². The molecule has 1 aromatic heterocycles. The second-order valence-corrected chi connectivity index (χ2v) is 6.88. The summed E-state index contributed by atoms with van der Waals surface area (Å²) in [7, 11) is 0. The molecular weight excluding hydrogens is 375 g/mol. The summed E-state index contributed by atoms with van der Waals surface area (Å²) in [5.74, 6) is 0.519. The number of amides is 2. The summed E-state index contributed by atoms with van der Waals surface area (Å²) in [5, 5.41) is 3.69. The fourth-order valence-corrected chi connectivity index (χ4v) is 3.34. The maximum atomic E-state index is 12.5. The first-order valence-corrected chi connectivity index (χ1v) is 8.92. The molecule has 8 heteroatoms. The van der Waals surface area contributed by atoms with E-state index in [1.54, 1.807) is 48.4 Å². The molecule has 0 saturated carbocycles. The van der Waals surface area contributed by atoms with Gasteiger partial charge in [0.1, 0.15) is 5.82 Å². The van der Waals surface area contributed by atoms with E-state index in [1.807, 2.05) is 0 Å². The summed E-state index contributed by atoms with van der Waals surface area (Å²) in [5.41, 5.74) is 1.01. The Morgan fingerprint density at radius 3 is 2.31 bits per heavy atom. The predicted octanol–water partition coefficient (Wildman–Crippen LogP) is 3.31. The van der Waals surface area contributed by atoms with Crippen molar-refractivity contribution in [3.05, 3.63) is 52.1 Å². The number of carbonyl (C=O) groups is 2. The Morgan fingerprint density at radius 2 is 1.69 bits per heavy atom. The van der Waals surface area contributed by atoms with Crippen molar-refractivity contribution in [1.29, 1.82) is 0 Å². The van der Waals surface area contributed by atoms with Gasteiger partial charge >= 0.3 is 0 Å². The number of hydrogen-bond acceptors (Lipinski definition) is 4. The molecule has 2 amide bonds. The maximum Gasteiger partial charge on any atom is 0.255 e. The van der Waals surface area contributed by atoms with Crippen LogP contribution < -0.4 is 10.2 Å². The van der Waals surface area contributed by atoms with Gasteiger partial charge in [-0.05, 0) is 30.3 Å². The summed E-state index contributed by atoms with van der Waals surface area (Å²) in [4.78, 5) is 32.2. The monoisotopic (exact) mass is 392 g/mol. The largest absolute Gasteiger partial charge is 0.353 e. The van der Waals surface area contributed by atoms with Gasteiger partial charge in [-0.15, -0.1) is 0 Å². The summed E-state index contributed by atoms with van der Waals surface area (Å²) in [6, 6.07) is 8.26. The van der Waals surface area contributed by atoms with Gasteiger partial charge in [-0.1, -0.05) is 23.2 Å². The molecule has 0 atom stereocenters. The lowest BCUT2D eigenvalue weighted by Gasteiger charge is -2.35. The van der Waals surface area contributed by atoms with Gasteiger partial charge in [-0.3, -0.25) is 9.59 Å². The van der Waals surface area contributed by atoms with Crippen LogP contribution in [0.3, 0.4) is 0 Å². The van der Waals surface area contributed by atoms with Crippen LogP contribution in [0.4, 0.5) is 11.5 Å². The minimum atomic E-state index is -0.269. The number of rotatable bonds is 3. The number of piperazine rings is 1. The summed E-state index contributed by atoms with van der Waals surface area (Å²) < 4.78 is 0. The lowest BCUT2D eigenvalue weighted by atomic mass is 10.2. The second kappa shape index (κ2) is 7.93. The van der Waals surface area contributed by atoms with Crippen molar-refractivity contribution in [2.45, 2.75) is 6.92 Å². The molecular formula is C18H18Cl2N4O2. The van der Waals surface area contributed by atoms with Crippen LogP contribution in [0.1, 0.15) is 17.3 Å². The number of anilines is 2. The summed E-state index contributed by atoms with van der Waals surface area (Å²) >= 11 is 11.9. The molecule has 1 saturated heterocycles. The lowest BCUT2D eigenvalue weighted by molar-refractivity contribution is -0.129. The number of aromatic nitrogens is 1. The minimum absolute atomic E-state index is 0.0749. The molecule has 1 fully saturated rings. The van der Waals surface area contributed by atoms with E-state index in [9.17, 15) is 9.59 Å². The summed E-state index contributed by atoms with van der Waals surface area (Å²) in [6.45, 7) is 4.23. The zero-order chi connectivity index (χ0) is 18.7. The highest BCUT2D eigenvalue weighted by Crippen LogP contribution is 2.23. The molecule has 0 spiro atoms. The fraction of sp³-hybridized carbons (Fsp3) is 0.278. The number of halogens is 2. The Hall–Kier alpha value is -2.31. The van der Waals surface area contributed by atoms with E-state index in [0.717, 1.165) is 0 Å². The highest BCUT2D eigenvalue weighted by atomic mass is 35.5. The predicted molar refractivity (Wildman–Crippen MR) is 103 cm³/mol. The Kier molecular flexibility index (Phi) is 5.64. The Bertz CT molecular complexity index is 815. The standard InChI is InChI=1S/C18H18Cl2N4O2/c1-12(25)23-4-6-24(7-5-23)17-8-13(2-3-21-17)18(26)22-16-10-14(19)9-15(20)11-16/h2-3,8-11H,4-7H2,1H3,(H,22,26). The smallest absolute Gasteiger partial charge is 0.255 e. The SMILES string of the molecule is CC(=O)N1CCN(c2cc(C(=O)Nc3cc(Cl)cc(Cl)c3)ccn2)CC1. The van der Waals surface area contributed by atoms with Crippen LogP contribution >= 0.6 is 23.2 Å². The quantitative estimate of drug-likeness (QED) is 0.869. The average molecular weight is 393 g/mol. The molecule has 2 aromatic rings. The van der Waals surface area contributed by atoms with Crippen LogP contribution in [0, 0.1) is 0 Å². The van der Waals surface area contributed by atoms with E-state index >= 15 is 0 Å². The third-order valence-corrected chi connectivity index (χ3v) is 4.61. The number of pyridine rings is 1. The van der Waals surface area contributed by atoms with Crippen LogP contribution in [0.25, 0.3) is 0 Å². The molecule has 1 N–H and O–H groups in total. The molecule has 136 valence electrons. The van der Waals surface area contributed by atoms with Crippen molar-refractivity contribution in [3.63, 3.8) is 0 Å². The van der Waals surface area contributed by atoms with Crippen LogP contribution in [0.2, 0.25) is 10.0 Å². The van der Waals surface area contributed by atoms with Gasteiger partial charge in [0.05, 0.1) is 0 Å². The van der Waals surface area contributed by atoms with E-state index < -0.39 is 0 Å². The van der Waals surface area contributed by atoms with E-state index in [0.29, 0.717) is 53.3 Å². The van der Waals surface area contributed by atoms with Crippen molar-refractivity contribution in [2.75, 3.05) is 36.4 Å². The number of nitrogens with zero attached hydrogens (tertiary/aromatic N) is 3. The summed E-state index contributed by atoms with van der Waals surface area (Å²) in [6.07, 6.45) is 1.60. The van der Waals surface area contributed by atoms with Gasteiger partial charge in [0, 0.05) is 60.6 Å². The zero-order valence-corrected chi connectivity index (χ0v) is 15.7. The van der Waals surface area contributed by atoms with E-state index in [1.165, 1.54) is 0 Å². The highest BCUT2D eigenvalue weighted by Gasteiger charge is 2.20. The lowest BCUT2D eigenvalue weighted by Crippen LogP contribution is -2.48. The number of benzene rings is 1. The van der Waals surface area contributed by atoms with E-state index in [2.05, 4.69) is 15.2 Å². The van der Waals surface area contributed by atoms with E-state index in [4.69, 9.17) is 23.2 Å². The third-order valence-electron chi connectivity index (χ3n) is 4.18. The molecule has 6 nitrogen and oxygen atoms in total. The molecule has 0 unspecified atom stereocenters. The third kappa shape index (κ3) is 4.45. The zero-order valence-electron chi connectivity index (χ0n) is 14.2. The van der Waals surface area contributed by atoms with Gasteiger partial charge in [0.2, 0.25) is 5.91 Å². The number of hydrogen-bond donors (Lipinski definition) is 1. The molecule has 26 heavy (non-hydrogen) atoms. The van der Waals surface area contributed by atoms with Crippen LogP contribution in [-0.4, -0.2) is 47.9 Å². The van der Waals surface area contributed by atoms with Crippen molar-refractivity contribution >= 4 is 46.5 Å². The van der Waals surface area contributed by atoms with Crippen molar-refractivity contribution in [3.8, 4) is 0 Å². The molecule has 1 aliphatic heterocycles. The van der Waals surface area contributed by atoms with Gasteiger partial charge in [0.15, 0.2) is 0 Å². The number of carbonyl (C=O) groups excluding carboxylic acids is 2. The molecule has 1 aromatic carbocycles. The Morgan fingerprint density at radius 1 is 1.04 bits per heavy atom. The van der Waals surface area contributed by atoms with Crippen molar-refractivity contribution < 1.29 is 9.59 Å². The normalized spacial score (nSPS) is 14.3. The van der Waals surface area contributed by atoms with Crippen LogP contribution in [-0.2, 0) is 4.79 Å². The van der Waals surface area contributed by atoms with Gasteiger partial charge in [-0.2, -0.15) is 0 Å². The van der Waals surface area contributed by atoms with Gasteiger partial charge in [0.25, 0.3) is 5.91 Å². The van der Waals surface area contributed by atoms with Gasteiger partial charge < -0.3 is 15.1 Å². The second-order valence-electron chi connectivity index (χ2n) is 6.01. The molecule has 1 aliphatic rings. The highest BCUT2D eigenvalue weighted by molar-refractivity contribution is 6.35. The first-order chi connectivity index (χ1) is 12.4. The van der Waals surface area contributed by atoms with Crippen molar-refractivity contribution in [1.82, 2.24) is 9.88 Å².